The minimum Gasteiger partial charge on any atom is -0.382 e. The number of thiol groups is 1. The second-order valence-electron chi connectivity index (χ2n) is 30.2. The van der Waals surface area contributed by atoms with Crippen molar-refractivity contribution in [3.63, 3.8) is 0 Å². The van der Waals surface area contributed by atoms with Gasteiger partial charge in [0.2, 0.25) is 5.95 Å². The lowest BCUT2D eigenvalue weighted by Crippen LogP contribution is -2.37. The molecular weight excluding hydrogens is 2030 g/mol. The van der Waals surface area contributed by atoms with Crippen LogP contribution in [0.4, 0.5) is 49.7 Å². The quantitative estimate of drug-likeness (QED) is 0.0646. The SMILES string of the molecule is Cc1ncnc2c1ncn2[C@@H]1O[C@@H]2COP(O)(=S)O[C@H]3[C@@H](F)[C@H](n4cnc5c(N)ncnc54)O[C@@H]3COP(=O)(S)O[C@H]2[C@H]1F.Cc1ncnc2c1ncn2[C@@H]1O[C@@H]2COP(O)(=S)O[C@H]3[C@@H](F)[C@H](n4cnc5c(N)ncnc54)O[C@@H]3COP(O)(=S)O[C@H]2[C@H]1F.Nc1nc2c(ncn2[C@@H]2O[C@@H]3COP(O)(=S)O[C@H]4[C@@H](F)[C@H](n5cnc6c(N)ncnc65)O[C@@H]4COP(O)(=S)O[C@H]3[C@H]2F)c(=O)[nH]1. The molecular formula is C62H68F6N28O25P6S6. The predicted octanol–water partition coefficient (Wildman–Crippen LogP) is 3.22. The fraction of sp³-hybridized carbons (Fsp3) is 0.516. The number of ether oxygens (including phenoxy) is 6. The first-order valence-corrected chi connectivity index (χ1v) is 54.3. The Kier molecular flexibility index (Phi) is 26.0. The summed E-state index contributed by atoms with van der Waals surface area (Å²) < 4.78 is 218. The molecule has 0 saturated carbocycles. The highest BCUT2D eigenvalue weighted by molar-refractivity contribution is 8.44. The first-order valence-electron chi connectivity index (χ1n) is 38.7. The van der Waals surface area contributed by atoms with Crippen LogP contribution in [0.2, 0.25) is 0 Å². The largest absolute Gasteiger partial charge is 0.386 e. The molecule has 133 heavy (non-hydrogen) atoms. The van der Waals surface area contributed by atoms with Gasteiger partial charge in [-0.1, -0.05) is 12.2 Å². The molecule has 0 aromatic carbocycles. The minimum absolute atomic E-state index is 0.0482. The summed E-state index contributed by atoms with van der Waals surface area (Å²) in [4.78, 5) is 138. The summed E-state index contributed by atoms with van der Waals surface area (Å²) >= 11 is 29.8. The van der Waals surface area contributed by atoms with Crippen LogP contribution in [0.1, 0.15) is 48.8 Å². The first kappa shape index (κ1) is 94.7. The molecule has 0 radical (unpaired) electrons. The molecule has 30 atom stereocenters. The number of nitrogens with two attached hydrogens (primary N) is 4. The van der Waals surface area contributed by atoms with E-state index in [1.807, 2.05) is 0 Å². The average Bonchev–Trinajstić information content (AvgIpc) is 1.64. The molecule has 14 N–H and O–H groups in total. The maximum absolute atomic E-state index is 16.0. The normalized spacial score (nSPS) is 38.1. The number of H-pyrrole nitrogens is 1. The molecule has 0 aliphatic carbocycles. The van der Waals surface area contributed by atoms with Gasteiger partial charge >= 0.3 is 40.4 Å². The van der Waals surface area contributed by atoms with Gasteiger partial charge in [-0.05, 0) is 72.9 Å². The lowest BCUT2D eigenvalue weighted by molar-refractivity contribution is -0.0583. The van der Waals surface area contributed by atoms with E-state index in [0.717, 1.165) is 17.2 Å². The number of rotatable bonds is 6. The highest BCUT2D eigenvalue weighted by atomic mass is 32.7. The van der Waals surface area contributed by atoms with E-state index in [4.69, 9.17) is 165 Å². The summed E-state index contributed by atoms with van der Waals surface area (Å²) in [5.41, 5.74) is 25.8. The smallest absolute Gasteiger partial charge is 0.382 e. The van der Waals surface area contributed by atoms with Crippen LogP contribution in [0.15, 0.2) is 74.4 Å². The van der Waals surface area contributed by atoms with E-state index in [1.165, 1.54) is 79.8 Å². The van der Waals surface area contributed by atoms with Crippen molar-refractivity contribution in [3.8, 4) is 0 Å². The van der Waals surface area contributed by atoms with Gasteiger partial charge < -0.3 is 98.4 Å². The highest BCUT2D eigenvalue weighted by Crippen LogP contribution is 2.61. The molecule has 6 unspecified atom stereocenters. The standard InChI is InChI=1S/2C21H23F2N9O8P2S2.C20H22F2N10O9P2S2/c2*1-8-13-18(27-4-25-8)31(6-29-13)20-11(22)15-9(37-20)2-35-42(34,44)40-16-10(3-36-41(33,43)39-15)38-21(12(16)23)32-7-30-14-17(24)26-5-28-19(14)32;21-8-12-6(38-18(8)31-4-27-10-14(23)25-3-26-15(10)31)1-36-43(35,45)41-13-7(2-37-42(34,44)40-12)39-19(9(13)22)32-5-28-11-16(32)29-20(24)30-17(11)33/h2*4-7,9-12,15-16,20-21H,2-3H2,1H3,(H,33,43)(H,34,44)(H2,24,26,28);3-9,12-13,18-19H,1-2H2,(H,34,44)(H,35,45)(H2,23,25,26)(H3,24,29,30,33)/t2*9-,10-,11-,12-,15-,16-,20-,21-,41?,42?;6-,7-,8-,9-,12-,13-,18-,19-,42?,43?/m111/s1. The van der Waals surface area contributed by atoms with Gasteiger partial charge in [-0.2, -0.15) is 4.98 Å². The Labute approximate surface area is 768 Å². The minimum atomic E-state index is -4.36. The number of alkyl halides is 6. The molecule has 9 fully saturated rings. The van der Waals surface area contributed by atoms with Crippen LogP contribution in [0.3, 0.4) is 0 Å². The van der Waals surface area contributed by atoms with Crippen molar-refractivity contribution in [2.75, 3.05) is 62.6 Å². The van der Waals surface area contributed by atoms with E-state index in [1.54, 1.807) is 13.8 Å². The van der Waals surface area contributed by atoms with Crippen LogP contribution in [0.5, 0.6) is 0 Å². The van der Waals surface area contributed by atoms with Gasteiger partial charge in [-0.3, -0.25) is 68.8 Å². The van der Waals surface area contributed by atoms with Crippen molar-refractivity contribution >= 4 is 202 Å². The molecule has 9 aliphatic heterocycles. The lowest BCUT2D eigenvalue weighted by Gasteiger charge is -2.29. The van der Waals surface area contributed by atoms with E-state index >= 15 is 26.3 Å². The van der Waals surface area contributed by atoms with Crippen molar-refractivity contribution in [1.82, 2.24) is 117 Å². The molecule has 0 bridgehead atoms. The predicted molar refractivity (Wildman–Crippen MR) is 459 cm³/mol. The van der Waals surface area contributed by atoms with Gasteiger partial charge in [0.15, 0.2) is 131 Å². The Bertz CT molecular complexity index is 6370. The number of hydrogen-bond acceptors (Lipinski definition) is 46. The zero-order chi connectivity index (χ0) is 93.8. The number of fused-ring (bicyclic) bond motifs is 12. The van der Waals surface area contributed by atoms with Gasteiger partial charge in [0, 0.05) is 0 Å². The van der Waals surface area contributed by atoms with E-state index in [-0.39, 0.29) is 79.4 Å². The molecule has 12 aromatic heterocycles. The van der Waals surface area contributed by atoms with Crippen LogP contribution in [-0.2, 0) is 146 Å². The van der Waals surface area contributed by atoms with Gasteiger partial charge in [0.1, 0.15) is 132 Å². The molecule has 9 aliphatic rings. The Hall–Kier alpha value is -7.21. The van der Waals surface area contributed by atoms with Crippen molar-refractivity contribution in [3.05, 3.63) is 91.3 Å². The molecule has 0 amide bonds. The van der Waals surface area contributed by atoms with Crippen LogP contribution in [0.25, 0.3) is 67.0 Å². The van der Waals surface area contributed by atoms with Gasteiger partial charge in [-0.15, -0.1) is 0 Å². The number of anilines is 4. The fourth-order valence-corrected chi connectivity index (χ4v) is 24.5. The lowest BCUT2D eigenvalue weighted by atomic mass is 10.1. The molecule has 12 aromatic rings. The van der Waals surface area contributed by atoms with Crippen LogP contribution in [0, 0.1) is 13.8 Å². The summed E-state index contributed by atoms with van der Waals surface area (Å²) in [6.07, 6.45) is -24.4. The summed E-state index contributed by atoms with van der Waals surface area (Å²) in [5, 5.41) is 0. The Balaban J connectivity index is 0.000000129. The van der Waals surface area contributed by atoms with Crippen LogP contribution < -0.4 is 28.5 Å². The van der Waals surface area contributed by atoms with Crippen molar-refractivity contribution < 1.29 is 138 Å². The zero-order valence-corrected chi connectivity index (χ0v) is 77.2. The number of hydrogen-bond donors (Lipinski definition) is 11. The van der Waals surface area contributed by atoms with E-state index in [2.05, 4.69) is 102 Å². The highest BCUT2D eigenvalue weighted by Gasteiger charge is 2.59. The van der Waals surface area contributed by atoms with Gasteiger partial charge in [0.25, 0.3) is 5.56 Å². The second-order valence-corrected chi connectivity index (χ2v) is 47.0. The topological polar surface area (TPSA) is 670 Å². The summed E-state index contributed by atoms with van der Waals surface area (Å²) in [5.74, 6) is -0.0826. The molecule has 714 valence electrons. The number of aromatic nitrogens is 24. The molecule has 53 nitrogen and oxygen atoms in total. The van der Waals surface area contributed by atoms with E-state index in [0.29, 0.717) is 22.4 Å². The van der Waals surface area contributed by atoms with Crippen molar-refractivity contribution in [2.45, 2.75) is 161 Å². The molecule has 9 saturated heterocycles. The molecule has 71 heteroatoms. The maximum atomic E-state index is 16.0. The summed E-state index contributed by atoms with van der Waals surface area (Å²) in [6.45, 7) is -25.8. The summed E-state index contributed by atoms with van der Waals surface area (Å²) in [7, 11) is 0. The third kappa shape index (κ3) is 18.5. The van der Waals surface area contributed by atoms with Crippen LogP contribution in [-0.4, -0.2) is 292 Å². The van der Waals surface area contributed by atoms with Crippen molar-refractivity contribution in [1.29, 1.82) is 0 Å². The number of nitrogens with one attached hydrogen (secondary N) is 1. The number of nitrogens with zero attached hydrogens (tertiary/aromatic N) is 23. The van der Waals surface area contributed by atoms with E-state index in [9.17, 15) is 33.8 Å². The van der Waals surface area contributed by atoms with Gasteiger partial charge in [0.05, 0.1) is 89.0 Å². The van der Waals surface area contributed by atoms with Crippen molar-refractivity contribution in [2.24, 2.45) is 0 Å². The second kappa shape index (κ2) is 36.5. The number of aromatic amines is 1. The monoisotopic (exact) mass is 2100 g/mol. The first-order chi connectivity index (χ1) is 63.2. The number of aryl methyl sites for hydroxylation is 2. The third-order valence-corrected chi connectivity index (χ3v) is 31.3. The average molecular weight is 2100 g/mol. The van der Waals surface area contributed by atoms with Gasteiger partial charge in [-0.25, -0.2) is 111 Å². The number of imidazole rings is 6. The summed E-state index contributed by atoms with van der Waals surface area (Å²) in [6, 6.07) is 0. The molecule has 21 rings (SSSR count). The Morgan fingerprint density at radius 2 is 0.571 bits per heavy atom. The zero-order valence-electron chi connectivity index (χ0n) is 66.9. The third-order valence-electron chi connectivity index (χ3n) is 21.9. The van der Waals surface area contributed by atoms with E-state index < -0.39 is 233 Å². The number of halogens is 6. The fourth-order valence-electron chi connectivity index (χ4n) is 15.8. The Morgan fingerprint density at radius 3 is 0.850 bits per heavy atom. The Morgan fingerprint density at radius 1 is 0.346 bits per heavy atom. The molecule has 0 spiro atoms. The van der Waals surface area contributed by atoms with Crippen LogP contribution >= 0.6 is 52.6 Å². The molecule has 21 heterocycles. The number of nitrogen functional groups attached to an aromatic ring is 4. The maximum Gasteiger partial charge on any atom is 0.386 e.